The highest BCUT2D eigenvalue weighted by Crippen LogP contribution is 2.47. The van der Waals surface area contributed by atoms with Crippen molar-refractivity contribution in [3.63, 3.8) is 0 Å². The molecule has 1 aromatic rings. The molecule has 4 rings (SSSR count). The van der Waals surface area contributed by atoms with Crippen molar-refractivity contribution >= 4 is 29.3 Å². The van der Waals surface area contributed by atoms with Gasteiger partial charge in [0.2, 0.25) is 11.8 Å². The molecule has 2 saturated heterocycles. The van der Waals surface area contributed by atoms with Gasteiger partial charge in [-0.3, -0.25) is 14.5 Å². The number of carbonyl (C=O) groups is 2. The Morgan fingerprint density at radius 3 is 2.62 bits per heavy atom. The highest BCUT2D eigenvalue weighted by Gasteiger charge is 2.49. The number of rotatable bonds is 2. The van der Waals surface area contributed by atoms with Crippen molar-refractivity contribution in [1.29, 1.82) is 0 Å². The predicted molar refractivity (Wildman–Crippen MR) is 97.0 cm³/mol. The van der Waals surface area contributed by atoms with E-state index in [1.807, 2.05) is 21.9 Å². The van der Waals surface area contributed by atoms with E-state index in [1.165, 1.54) is 12.0 Å². The second-order valence-corrected chi connectivity index (χ2v) is 8.59. The summed E-state index contributed by atoms with van der Waals surface area (Å²) in [7, 11) is 0. The monoisotopic (exact) mass is 344 g/mol. The van der Waals surface area contributed by atoms with Crippen molar-refractivity contribution in [2.45, 2.75) is 43.9 Å². The summed E-state index contributed by atoms with van der Waals surface area (Å²) in [5.74, 6) is 1.35. The minimum absolute atomic E-state index is 0.165. The molecule has 0 N–H and O–H groups in total. The van der Waals surface area contributed by atoms with Crippen molar-refractivity contribution in [3.05, 3.63) is 29.8 Å². The maximum absolute atomic E-state index is 12.6. The first-order chi connectivity index (χ1) is 11.6. The Morgan fingerprint density at radius 1 is 1.25 bits per heavy atom. The Labute approximate surface area is 147 Å². The molecule has 2 aliphatic heterocycles. The number of likely N-dealkylation sites (tertiary alicyclic amines) is 1. The van der Waals surface area contributed by atoms with E-state index in [9.17, 15) is 9.59 Å². The van der Waals surface area contributed by atoms with E-state index in [-0.39, 0.29) is 16.7 Å². The van der Waals surface area contributed by atoms with Gasteiger partial charge in [-0.15, -0.1) is 11.8 Å². The van der Waals surface area contributed by atoms with Gasteiger partial charge in [0.1, 0.15) is 0 Å². The molecule has 128 valence electrons. The fourth-order valence-corrected chi connectivity index (χ4v) is 5.39. The van der Waals surface area contributed by atoms with E-state index in [1.54, 1.807) is 11.8 Å². The van der Waals surface area contributed by atoms with Crippen LogP contribution in [0.15, 0.2) is 24.3 Å². The van der Waals surface area contributed by atoms with Crippen LogP contribution in [0, 0.1) is 12.8 Å². The molecule has 1 aromatic carbocycles. The molecule has 0 radical (unpaired) electrons. The second-order valence-electron chi connectivity index (χ2n) is 7.26. The summed E-state index contributed by atoms with van der Waals surface area (Å²) >= 11 is 1.76. The smallest absolute Gasteiger partial charge is 0.238 e. The van der Waals surface area contributed by atoms with Gasteiger partial charge in [-0.2, -0.15) is 0 Å². The van der Waals surface area contributed by atoms with Crippen LogP contribution in [0.4, 0.5) is 5.69 Å². The lowest BCUT2D eigenvalue weighted by Crippen LogP contribution is -2.54. The number of aryl methyl sites for hydroxylation is 1. The van der Waals surface area contributed by atoms with Crippen LogP contribution in [0.3, 0.4) is 0 Å². The number of amides is 2. The van der Waals surface area contributed by atoms with Crippen LogP contribution in [0.25, 0.3) is 0 Å². The zero-order valence-corrected chi connectivity index (χ0v) is 15.0. The molecule has 1 aliphatic carbocycles. The standard InChI is InChI=1S/C19H24N2O2S/c1-14-4-2-7-16(12-14)21-17(22)13-24-19(21)8-10-20(11-9-19)18(23)15-5-3-6-15/h2,4,7,12,15H,3,5-6,8-11,13H2,1H3. The molecule has 4 nitrogen and oxygen atoms in total. The lowest BCUT2D eigenvalue weighted by Gasteiger charge is -2.45. The fraction of sp³-hybridized carbons (Fsp3) is 0.579. The molecule has 3 aliphatic rings. The molecular weight excluding hydrogens is 320 g/mol. The average Bonchev–Trinajstić information content (AvgIpc) is 2.83. The van der Waals surface area contributed by atoms with Gasteiger partial charge in [-0.25, -0.2) is 0 Å². The number of hydrogen-bond acceptors (Lipinski definition) is 3. The number of anilines is 1. The third kappa shape index (κ3) is 2.63. The van der Waals surface area contributed by atoms with Gasteiger partial charge < -0.3 is 4.90 Å². The first-order valence-corrected chi connectivity index (χ1v) is 9.90. The number of carbonyl (C=O) groups excluding carboxylic acids is 2. The third-order valence-electron chi connectivity index (χ3n) is 5.69. The van der Waals surface area contributed by atoms with Crippen molar-refractivity contribution < 1.29 is 9.59 Å². The van der Waals surface area contributed by atoms with E-state index in [2.05, 4.69) is 19.1 Å². The zero-order chi connectivity index (χ0) is 16.7. The van der Waals surface area contributed by atoms with E-state index in [0.717, 1.165) is 44.5 Å². The normalized spacial score (nSPS) is 23.6. The lowest BCUT2D eigenvalue weighted by atomic mass is 9.84. The van der Waals surface area contributed by atoms with Gasteiger partial charge in [-0.1, -0.05) is 18.6 Å². The number of benzene rings is 1. The van der Waals surface area contributed by atoms with Gasteiger partial charge in [0, 0.05) is 24.7 Å². The molecule has 5 heteroatoms. The molecule has 0 aromatic heterocycles. The Morgan fingerprint density at radius 2 is 2.00 bits per heavy atom. The second kappa shape index (κ2) is 6.10. The van der Waals surface area contributed by atoms with E-state index >= 15 is 0 Å². The molecule has 1 saturated carbocycles. The number of hydrogen-bond donors (Lipinski definition) is 0. The fourth-order valence-electron chi connectivity index (χ4n) is 4.06. The molecule has 2 amide bonds. The third-order valence-corrected chi connectivity index (χ3v) is 7.21. The zero-order valence-electron chi connectivity index (χ0n) is 14.2. The summed E-state index contributed by atoms with van der Waals surface area (Å²) in [6.07, 6.45) is 5.05. The van der Waals surface area contributed by atoms with Gasteiger partial charge in [0.25, 0.3) is 0 Å². The average molecular weight is 344 g/mol. The van der Waals surface area contributed by atoms with Gasteiger partial charge in [-0.05, 0) is 50.3 Å². The summed E-state index contributed by atoms with van der Waals surface area (Å²) in [6, 6.07) is 8.20. The van der Waals surface area contributed by atoms with E-state index in [0.29, 0.717) is 11.7 Å². The van der Waals surface area contributed by atoms with Gasteiger partial charge in [0.15, 0.2) is 0 Å². The largest absolute Gasteiger partial charge is 0.342 e. The summed E-state index contributed by atoms with van der Waals surface area (Å²) < 4.78 is 0. The van der Waals surface area contributed by atoms with Crippen LogP contribution >= 0.6 is 11.8 Å². The molecule has 2 heterocycles. The number of thioether (sulfide) groups is 1. The van der Waals surface area contributed by atoms with E-state index in [4.69, 9.17) is 0 Å². The lowest BCUT2D eigenvalue weighted by molar-refractivity contribution is -0.139. The number of nitrogens with zero attached hydrogens (tertiary/aromatic N) is 2. The first-order valence-electron chi connectivity index (χ1n) is 8.92. The maximum Gasteiger partial charge on any atom is 0.238 e. The first kappa shape index (κ1) is 16.0. The molecule has 1 spiro atoms. The Kier molecular flexibility index (Phi) is 4.07. The predicted octanol–water partition coefficient (Wildman–Crippen LogP) is 3.19. The maximum atomic E-state index is 12.6. The highest BCUT2D eigenvalue weighted by atomic mass is 32.2. The molecule has 0 bridgehead atoms. The van der Waals surface area contributed by atoms with Crippen molar-refractivity contribution in [1.82, 2.24) is 4.90 Å². The molecule has 3 fully saturated rings. The Balaban J connectivity index is 1.52. The summed E-state index contributed by atoms with van der Waals surface area (Å²) in [6.45, 7) is 3.61. The molecular formula is C19H24N2O2S. The quantitative estimate of drug-likeness (QED) is 0.827. The molecule has 0 unspecified atom stereocenters. The van der Waals surface area contributed by atoms with Crippen LogP contribution in [0.1, 0.15) is 37.7 Å². The highest BCUT2D eigenvalue weighted by molar-refractivity contribution is 8.02. The summed E-state index contributed by atoms with van der Waals surface area (Å²) in [4.78, 5) is 28.9. The van der Waals surface area contributed by atoms with Crippen LogP contribution in [0.2, 0.25) is 0 Å². The molecule has 24 heavy (non-hydrogen) atoms. The van der Waals surface area contributed by atoms with E-state index < -0.39 is 0 Å². The van der Waals surface area contributed by atoms with Gasteiger partial charge >= 0.3 is 0 Å². The van der Waals surface area contributed by atoms with Crippen LogP contribution in [-0.2, 0) is 9.59 Å². The van der Waals surface area contributed by atoms with Crippen molar-refractivity contribution in [3.8, 4) is 0 Å². The molecule has 0 atom stereocenters. The minimum atomic E-state index is -0.165. The minimum Gasteiger partial charge on any atom is -0.342 e. The van der Waals surface area contributed by atoms with Crippen LogP contribution in [0.5, 0.6) is 0 Å². The Bertz CT molecular complexity index is 663. The van der Waals surface area contributed by atoms with Crippen molar-refractivity contribution in [2.75, 3.05) is 23.7 Å². The Hall–Kier alpha value is -1.49. The van der Waals surface area contributed by atoms with Crippen LogP contribution < -0.4 is 4.90 Å². The van der Waals surface area contributed by atoms with Gasteiger partial charge in [0.05, 0.1) is 10.6 Å². The topological polar surface area (TPSA) is 40.6 Å². The van der Waals surface area contributed by atoms with Crippen LogP contribution in [-0.4, -0.2) is 40.4 Å². The summed E-state index contributed by atoms with van der Waals surface area (Å²) in [5, 5.41) is 0. The van der Waals surface area contributed by atoms with Crippen molar-refractivity contribution in [2.24, 2.45) is 5.92 Å². The summed E-state index contributed by atoms with van der Waals surface area (Å²) in [5.41, 5.74) is 2.17. The SMILES string of the molecule is Cc1cccc(N2C(=O)CSC23CCN(C(=O)C2CCC2)CC3)c1. The number of piperidine rings is 1.